The van der Waals surface area contributed by atoms with Gasteiger partial charge < -0.3 is 15.1 Å². The number of nitrogens with one attached hydrogen (secondary N) is 1. The minimum atomic E-state index is 0.579. The minimum Gasteiger partial charge on any atom is -0.357 e. The maximum Gasteiger partial charge on any atom is 0.231 e. The van der Waals surface area contributed by atoms with Gasteiger partial charge in [0.15, 0.2) is 0 Å². The first-order valence-electron chi connectivity index (χ1n) is 6.96. The van der Waals surface area contributed by atoms with E-state index in [1.165, 1.54) is 5.56 Å². The molecule has 1 N–H and O–H groups in total. The molecule has 21 heavy (non-hydrogen) atoms. The Labute approximate surface area is 125 Å². The summed E-state index contributed by atoms with van der Waals surface area (Å²) in [5.41, 5.74) is 1.31. The van der Waals surface area contributed by atoms with Crippen LogP contribution in [0.5, 0.6) is 0 Å². The molecule has 0 atom stereocenters. The standard InChI is InChI=1S/C15H22N6/c1-16-13-17-14(20(2)3)19-15(18-13)21(4)11-10-12-8-6-5-7-9-12/h5-9H,10-11H2,1-4H3,(H,16,17,18,19). The van der Waals surface area contributed by atoms with Gasteiger partial charge >= 0.3 is 0 Å². The number of rotatable bonds is 6. The van der Waals surface area contributed by atoms with Crippen LogP contribution in [-0.2, 0) is 6.42 Å². The Morgan fingerprint density at radius 2 is 1.62 bits per heavy atom. The number of hydrogen-bond acceptors (Lipinski definition) is 6. The van der Waals surface area contributed by atoms with Gasteiger partial charge in [0.2, 0.25) is 17.8 Å². The lowest BCUT2D eigenvalue weighted by atomic mass is 10.1. The topological polar surface area (TPSA) is 57.2 Å². The molecule has 6 heteroatoms. The van der Waals surface area contributed by atoms with E-state index in [9.17, 15) is 0 Å². The van der Waals surface area contributed by atoms with Crippen molar-refractivity contribution in [1.29, 1.82) is 0 Å². The van der Waals surface area contributed by atoms with E-state index in [1.807, 2.05) is 44.1 Å². The van der Waals surface area contributed by atoms with Crippen LogP contribution in [-0.4, -0.2) is 49.7 Å². The summed E-state index contributed by atoms with van der Waals surface area (Å²) in [4.78, 5) is 17.1. The van der Waals surface area contributed by atoms with Crippen molar-refractivity contribution in [2.75, 3.05) is 49.9 Å². The SMILES string of the molecule is CNc1nc(N(C)C)nc(N(C)CCc2ccccc2)n1. The zero-order valence-electron chi connectivity index (χ0n) is 13.0. The Kier molecular flexibility index (Phi) is 4.92. The van der Waals surface area contributed by atoms with Crippen molar-refractivity contribution in [3.05, 3.63) is 35.9 Å². The molecule has 2 rings (SSSR count). The van der Waals surface area contributed by atoms with Gasteiger partial charge in [-0.15, -0.1) is 0 Å². The lowest BCUT2D eigenvalue weighted by molar-refractivity contribution is 0.823. The second kappa shape index (κ2) is 6.88. The molecule has 0 radical (unpaired) electrons. The zero-order chi connectivity index (χ0) is 15.2. The highest BCUT2D eigenvalue weighted by Gasteiger charge is 2.11. The van der Waals surface area contributed by atoms with Crippen molar-refractivity contribution in [3.63, 3.8) is 0 Å². The molecule has 1 heterocycles. The number of nitrogens with zero attached hydrogens (tertiary/aromatic N) is 5. The highest BCUT2D eigenvalue weighted by atomic mass is 15.3. The fourth-order valence-corrected chi connectivity index (χ4v) is 1.88. The van der Waals surface area contributed by atoms with E-state index in [-0.39, 0.29) is 0 Å². The predicted molar refractivity (Wildman–Crippen MR) is 87.1 cm³/mol. The van der Waals surface area contributed by atoms with Crippen LogP contribution in [0.4, 0.5) is 17.8 Å². The third kappa shape index (κ3) is 4.05. The summed E-state index contributed by atoms with van der Waals surface area (Å²) < 4.78 is 0. The van der Waals surface area contributed by atoms with E-state index < -0.39 is 0 Å². The molecule has 0 bridgehead atoms. The molecule has 0 aliphatic carbocycles. The lowest BCUT2D eigenvalue weighted by Gasteiger charge is -2.19. The maximum atomic E-state index is 4.48. The second-order valence-corrected chi connectivity index (χ2v) is 5.06. The Bertz CT molecular complexity index is 570. The van der Waals surface area contributed by atoms with Crippen LogP contribution in [0.25, 0.3) is 0 Å². The summed E-state index contributed by atoms with van der Waals surface area (Å²) in [5.74, 6) is 1.90. The fourth-order valence-electron chi connectivity index (χ4n) is 1.88. The zero-order valence-corrected chi connectivity index (χ0v) is 13.0. The van der Waals surface area contributed by atoms with Gasteiger partial charge in [0, 0.05) is 34.7 Å². The van der Waals surface area contributed by atoms with Gasteiger partial charge in [0.05, 0.1) is 0 Å². The van der Waals surface area contributed by atoms with Gasteiger partial charge in [0.25, 0.3) is 0 Å². The van der Waals surface area contributed by atoms with Crippen molar-refractivity contribution >= 4 is 17.8 Å². The molecule has 0 aliphatic heterocycles. The van der Waals surface area contributed by atoms with E-state index >= 15 is 0 Å². The van der Waals surface area contributed by atoms with Gasteiger partial charge in [-0.3, -0.25) is 0 Å². The highest BCUT2D eigenvalue weighted by Crippen LogP contribution is 2.14. The van der Waals surface area contributed by atoms with Gasteiger partial charge in [-0.1, -0.05) is 30.3 Å². The molecule has 0 spiro atoms. The molecule has 0 saturated carbocycles. The highest BCUT2D eigenvalue weighted by molar-refractivity contribution is 5.43. The molecule has 112 valence electrons. The van der Waals surface area contributed by atoms with Crippen molar-refractivity contribution in [2.24, 2.45) is 0 Å². The van der Waals surface area contributed by atoms with Crippen LogP contribution in [0.1, 0.15) is 5.56 Å². The number of benzene rings is 1. The summed E-state index contributed by atoms with van der Waals surface area (Å²) in [6.45, 7) is 0.851. The molecule has 1 aromatic heterocycles. The molecule has 0 fully saturated rings. The minimum absolute atomic E-state index is 0.579. The first-order valence-corrected chi connectivity index (χ1v) is 6.96. The molecule has 0 saturated heterocycles. The third-order valence-corrected chi connectivity index (χ3v) is 3.16. The Balaban J connectivity index is 2.11. The number of anilines is 3. The van der Waals surface area contributed by atoms with Gasteiger partial charge in [-0.2, -0.15) is 15.0 Å². The average molecular weight is 286 g/mol. The first-order chi connectivity index (χ1) is 10.1. The maximum absolute atomic E-state index is 4.48. The molecule has 6 nitrogen and oxygen atoms in total. The van der Waals surface area contributed by atoms with Crippen LogP contribution < -0.4 is 15.1 Å². The van der Waals surface area contributed by atoms with Crippen LogP contribution in [0.15, 0.2) is 30.3 Å². The van der Waals surface area contributed by atoms with Crippen molar-refractivity contribution in [3.8, 4) is 0 Å². The van der Waals surface area contributed by atoms with E-state index in [2.05, 4.69) is 44.5 Å². The second-order valence-electron chi connectivity index (χ2n) is 5.06. The number of likely N-dealkylation sites (N-methyl/N-ethyl adjacent to an activating group) is 1. The number of aromatic nitrogens is 3. The van der Waals surface area contributed by atoms with Crippen LogP contribution in [0.3, 0.4) is 0 Å². The summed E-state index contributed by atoms with van der Waals surface area (Å²) >= 11 is 0. The van der Waals surface area contributed by atoms with E-state index in [0.29, 0.717) is 17.8 Å². The van der Waals surface area contributed by atoms with Crippen LogP contribution >= 0.6 is 0 Å². The molecule has 2 aromatic rings. The van der Waals surface area contributed by atoms with E-state index in [1.54, 1.807) is 0 Å². The fraction of sp³-hybridized carbons (Fsp3) is 0.400. The molecule has 0 aliphatic rings. The summed E-state index contributed by atoms with van der Waals surface area (Å²) in [6.07, 6.45) is 0.954. The first kappa shape index (κ1) is 15.0. The van der Waals surface area contributed by atoms with Crippen molar-refractivity contribution in [1.82, 2.24) is 15.0 Å². The van der Waals surface area contributed by atoms with Crippen molar-refractivity contribution in [2.45, 2.75) is 6.42 Å². The molecule has 0 unspecified atom stereocenters. The molecule has 0 amide bonds. The largest absolute Gasteiger partial charge is 0.357 e. The Hall–Kier alpha value is -2.37. The summed E-state index contributed by atoms with van der Waals surface area (Å²) in [6, 6.07) is 10.4. The van der Waals surface area contributed by atoms with Gasteiger partial charge in [-0.05, 0) is 12.0 Å². The Morgan fingerprint density at radius 1 is 0.952 bits per heavy atom. The third-order valence-electron chi connectivity index (χ3n) is 3.16. The predicted octanol–water partition coefficient (Wildman–Crippen LogP) is 1.66. The van der Waals surface area contributed by atoms with Crippen molar-refractivity contribution < 1.29 is 0 Å². The quantitative estimate of drug-likeness (QED) is 0.871. The van der Waals surface area contributed by atoms with E-state index in [0.717, 1.165) is 13.0 Å². The molecular formula is C15H22N6. The van der Waals surface area contributed by atoms with Gasteiger partial charge in [0.1, 0.15) is 0 Å². The normalized spacial score (nSPS) is 10.3. The molecule has 1 aromatic carbocycles. The van der Waals surface area contributed by atoms with Gasteiger partial charge in [-0.25, -0.2) is 0 Å². The smallest absolute Gasteiger partial charge is 0.231 e. The summed E-state index contributed by atoms with van der Waals surface area (Å²) in [7, 11) is 7.64. The monoisotopic (exact) mass is 286 g/mol. The number of hydrogen-bond donors (Lipinski definition) is 1. The van der Waals surface area contributed by atoms with E-state index in [4.69, 9.17) is 0 Å². The average Bonchev–Trinajstić information content (AvgIpc) is 2.53. The molecular weight excluding hydrogens is 264 g/mol. The van der Waals surface area contributed by atoms with Crippen LogP contribution in [0.2, 0.25) is 0 Å². The lowest BCUT2D eigenvalue weighted by Crippen LogP contribution is -2.25. The summed E-state index contributed by atoms with van der Waals surface area (Å²) in [5, 5.41) is 2.98. The Morgan fingerprint density at radius 3 is 2.24 bits per heavy atom. The van der Waals surface area contributed by atoms with Crippen LogP contribution in [0, 0.1) is 0 Å².